The van der Waals surface area contributed by atoms with Crippen LogP contribution in [0.1, 0.15) is 42.7 Å². The van der Waals surface area contributed by atoms with Crippen molar-refractivity contribution in [1.29, 1.82) is 0 Å². The highest BCUT2D eigenvalue weighted by molar-refractivity contribution is 5.27. The molecular weight excluding hydrogens is 323 g/mol. The number of rotatable bonds is 7. The number of alkyl halides is 1. The van der Waals surface area contributed by atoms with Crippen LogP contribution < -0.4 is 5.32 Å². The fourth-order valence-corrected chi connectivity index (χ4v) is 4.17. The molecule has 1 aliphatic carbocycles. The standard InChI is InChI=1S/C23H29FN2/c24-23(11-14-25-22-17-21(22)20-9-5-2-6-10-20)12-15-26(16-13-23)18-19-7-3-1-4-8-19/h1-10,21-22,25H,11-18H2. The minimum Gasteiger partial charge on any atom is -0.313 e. The van der Waals surface area contributed by atoms with Crippen molar-refractivity contribution in [3.63, 3.8) is 0 Å². The summed E-state index contributed by atoms with van der Waals surface area (Å²) >= 11 is 0. The Hall–Kier alpha value is -1.71. The zero-order valence-electron chi connectivity index (χ0n) is 15.4. The quantitative estimate of drug-likeness (QED) is 0.788. The second-order valence-electron chi connectivity index (χ2n) is 7.98. The number of halogens is 1. The van der Waals surface area contributed by atoms with E-state index in [0.29, 0.717) is 31.2 Å². The summed E-state index contributed by atoms with van der Waals surface area (Å²) in [7, 11) is 0. The topological polar surface area (TPSA) is 15.3 Å². The number of hydrogen-bond acceptors (Lipinski definition) is 2. The highest BCUT2D eigenvalue weighted by atomic mass is 19.1. The van der Waals surface area contributed by atoms with Crippen LogP contribution in [-0.4, -0.2) is 36.2 Å². The van der Waals surface area contributed by atoms with Crippen molar-refractivity contribution in [2.45, 2.75) is 49.9 Å². The Morgan fingerprint density at radius 3 is 2.31 bits per heavy atom. The highest BCUT2D eigenvalue weighted by Gasteiger charge is 2.39. The molecule has 1 saturated heterocycles. The van der Waals surface area contributed by atoms with Gasteiger partial charge in [0, 0.05) is 31.6 Å². The van der Waals surface area contributed by atoms with Crippen LogP contribution in [0, 0.1) is 0 Å². The van der Waals surface area contributed by atoms with E-state index in [-0.39, 0.29) is 0 Å². The molecule has 138 valence electrons. The van der Waals surface area contributed by atoms with Crippen LogP contribution >= 0.6 is 0 Å². The van der Waals surface area contributed by atoms with Gasteiger partial charge >= 0.3 is 0 Å². The van der Waals surface area contributed by atoms with Gasteiger partial charge in [0.2, 0.25) is 0 Å². The van der Waals surface area contributed by atoms with Crippen LogP contribution in [-0.2, 0) is 6.54 Å². The molecular formula is C23H29FN2. The van der Waals surface area contributed by atoms with Gasteiger partial charge < -0.3 is 5.32 Å². The molecule has 2 unspecified atom stereocenters. The summed E-state index contributed by atoms with van der Waals surface area (Å²) in [6, 6.07) is 21.7. The zero-order chi connectivity index (χ0) is 17.8. The Kier molecular flexibility index (Phi) is 5.37. The zero-order valence-corrected chi connectivity index (χ0v) is 15.4. The van der Waals surface area contributed by atoms with E-state index in [2.05, 4.69) is 64.8 Å². The normalized spacial score (nSPS) is 25.1. The maximum absolute atomic E-state index is 15.1. The van der Waals surface area contributed by atoms with E-state index in [1.165, 1.54) is 17.5 Å². The molecule has 1 aliphatic heterocycles. The van der Waals surface area contributed by atoms with Crippen molar-refractivity contribution in [3.8, 4) is 0 Å². The van der Waals surface area contributed by atoms with Crippen LogP contribution in [0.2, 0.25) is 0 Å². The van der Waals surface area contributed by atoms with Gasteiger partial charge in [-0.2, -0.15) is 0 Å². The lowest BCUT2D eigenvalue weighted by Crippen LogP contribution is -2.43. The second kappa shape index (κ2) is 7.89. The minimum absolute atomic E-state index is 0.541. The molecule has 1 saturated carbocycles. The van der Waals surface area contributed by atoms with Gasteiger partial charge in [-0.25, -0.2) is 4.39 Å². The van der Waals surface area contributed by atoms with Gasteiger partial charge in [0.15, 0.2) is 0 Å². The van der Waals surface area contributed by atoms with Crippen molar-refractivity contribution in [3.05, 3.63) is 71.8 Å². The average molecular weight is 352 g/mol. The first kappa shape index (κ1) is 17.7. The van der Waals surface area contributed by atoms with Gasteiger partial charge in [-0.3, -0.25) is 4.90 Å². The number of benzene rings is 2. The Bertz CT molecular complexity index is 680. The maximum Gasteiger partial charge on any atom is 0.114 e. The fraction of sp³-hybridized carbons (Fsp3) is 0.478. The minimum atomic E-state index is -0.989. The lowest BCUT2D eigenvalue weighted by Gasteiger charge is -2.36. The molecule has 3 heteroatoms. The fourth-order valence-electron chi connectivity index (χ4n) is 4.17. The first-order chi connectivity index (χ1) is 12.7. The number of likely N-dealkylation sites (tertiary alicyclic amines) is 1. The first-order valence-corrected chi connectivity index (χ1v) is 9.95. The number of nitrogens with zero attached hydrogens (tertiary/aromatic N) is 1. The lowest BCUT2D eigenvalue weighted by molar-refractivity contribution is 0.0479. The number of piperidine rings is 1. The summed E-state index contributed by atoms with van der Waals surface area (Å²) in [4.78, 5) is 2.38. The van der Waals surface area contributed by atoms with Gasteiger partial charge in [-0.15, -0.1) is 0 Å². The molecule has 2 atom stereocenters. The summed E-state index contributed by atoms with van der Waals surface area (Å²) in [5.41, 5.74) is 1.74. The van der Waals surface area contributed by atoms with Gasteiger partial charge in [-0.1, -0.05) is 60.7 Å². The smallest absolute Gasteiger partial charge is 0.114 e. The van der Waals surface area contributed by atoms with Crippen LogP contribution in [0.4, 0.5) is 4.39 Å². The number of hydrogen-bond donors (Lipinski definition) is 1. The number of nitrogens with one attached hydrogen (secondary N) is 1. The summed E-state index contributed by atoms with van der Waals surface area (Å²) in [5.74, 6) is 0.625. The summed E-state index contributed by atoms with van der Waals surface area (Å²) in [6.07, 6.45) is 3.15. The van der Waals surface area contributed by atoms with E-state index >= 15 is 4.39 Å². The summed E-state index contributed by atoms with van der Waals surface area (Å²) in [5, 5.41) is 3.58. The molecule has 2 aliphatic rings. The molecule has 2 aromatic carbocycles. The summed E-state index contributed by atoms with van der Waals surface area (Å²) in [6.45, 7) is 3.46. The molecule has 0 bridgehead atoms. The van der Waals surface area contributed by atoms with Crippen molar-refractivity contribution in [2.75, 3.05) is 19.6 Å². The van der Waals surface area contributed by atoms with Crippen LogP contribution in [0.15, 0.2) is 60.7 Å². The van der Waals surface area contributed by atoms with Gasteiger partial charge in [0.1, 0.15) is 5.67 Å². The monoisotopic (exact) mass is 352 g/mol. The molecule has 0 aromatic heterocycles. The third kappa shape index (κ3) is 4.52. The predicted molar refractivity (Wildman–Crippen MR) is 105 cm³/mol. The Morgan fingerprint density at radius 1 is 0.962 bits per heavy atom. The Morgan fingerprint density at radius 2 is 1.62 bits per heavy atom. The lowest BCUT2D eigenvalue weighted by atomic mass is 9.90. The Labute approximate surface area is 156 Å². The van der Waals surface area contributed by atoms with Gasteiger partial charge in [0.05, 0.1) is 0 Å². The molecule has 2 aromatic rings. The van der Waals surface area contributed by atoms with E-state index < -0.39 is 5.67 Å². The van der Waals surface area contributed by atoms with Gasteiger partial charge in [-0.05, 0) is 43.4 Å². The van der Waals surface area contributed by atoms with Crippen LogP contribution in [0.5, 0.6) is 0 Å². The van der Waals surface area contributed by atoms with E-state index in [4.69, 9.17) is 0 Å². The van der Waals surface area contributed by atoms with Gasteiger partial charge in [0.25, 0.3) is 0 Å². The third-order valence-corrected chi connectivity index (χ3v) is 6.00. The summed E-state index contributed by atoms with van der Waals surface area (Å²) < 4.78 is 15.1. The molecule has 1 N–H and O–H groups in total. The largest absolute Gasteiger partial charge is 0.313 e. The van der Waals surface area contributed by atoms with E-state index in [0.717, 1.165) is 26.2 Å². The molecule has 0 spiro atoms. The van der Waals surface area contributed by atoms with Crippen molar-refractivity contribution in [2.24, 2.45) is 0 Å². The molecule has 2 nitrogen and oxygen atoms in total. The van der Waals surface area contributed by atoms with E-state index in [9.17, 15) is 0 Å². The molecule has 0 amide bonds. The average Bonchev–Trinajstić information content (AvgIpc) is 3.45. The van der Waals surface area contributed by atoms with Crippen LogP contribution in [0.3, 0.4) is 0 Å². The van der Waals surface area contributed by atoms with E-state index in [1.54, 1.807) is 0 Å². The second-order valence-corrected chi connectivity index (χ2v) is 7.98. The Balaban J connectivity index is 1.17. The third-order valence-electron chi connectivity index (χ3n) is 6.00. The predicted octanol–water partition coefficient (Wildman–Crippen LogP) is 4.53. The molecule has 0 radical (unpaired) electrons. The van der Waals surface area contributed by atoms with Crippen molar-refractivity contribution < 1.29 is 4.39 Å². The molecule has 2 fully saturated rings. The van der Waals surface area contributed by atoms with Crippen LogP contribution in [0.25, 0.3) is 0 Å². The molecule has 4 rings (SSSR count). The first-order valence-electron chi connectivity index (χ1n) is 9.95. The molecule has 1 heterocycles. The molecule has 26 heavy (non-hydrogen) atoms. The maximum atomic E-state index is 15.1. The van der Waals surface area contributed by atoms with Crippen molar-refractivity contribution >= 4 is 0 Å². The highest BCUT2D eigenvalue weighted by Crippen LogP contribution is 2.41. The van der Waals surface area contributed by atoms with E-state index in [1.807, 2.05) is 6.07 Å². The SMILES string of the molecule is FC1(CCNC2CC2c2ccccc2)CCN(Cc2ccccc2)CC1. The van der Waals surface area contributed by atoms with Crippen molar-refractivity contribution in [1.82, 2.24) is 10.2 Å².